The van der Waals surface area contributed by atoms with Gasteiger partial charge in [-0.2, -0.15) is 0 Å². The quantitative estimate of drug-likeness (QED) is 0.726. The van der Waals surface area contributed by atoms with Gasteiger partial charge in [-0.3, -0.25) is 0 Å². The van der Waals surface area contributed by atoms with Crippen LogP contribution < -0.4 is 10.5 Å². The molecule has 0 spiro atoms. The van der Waals surface area contributed by atoms with Gasteiger partial charge in [0.2, 0.25) is 0 Å². The molecule has 0 saturated heterocycles. The van der Waals surface area contributed by atoms with Crippen LogP contribution in [0.15, 0.2) is 24.3 Å². The number of benzene rings is 1. The summed E-state index contributed by atoms with van der Waals surface area (Å²) in [6.45, 7) is 4.99. The van der Waals surface area contributed by atoms with Crippen LogP contribution in [-0.2, 0) is 0 Å². The third-order valence-electron chi connectivity index (χ3n) is 2.42. The minimum absolute atomic E-state index is 0.0964. The molecule has 1 atom stereocenters. The molecule has 0 aliphatic heterocycles. The highest BCUT2D eigenvalue weighted by Gasteiger charge is 1.99. The molecule has 0 unspecified atom stereocenters. The van der Waals surface area contributed by atoms with Crippen LogP contribution in [0.4, 0.5) is 0 Å². The number of unbranched alkanes of at least 4 members (excludes halogenated alkanes) is 2. The van der Waals surface area contributed by atoms with Crippen LogP contribution in [0.3, 0.4) is 0 Å². The third-order valence-corrected chi connectivity index (χ3v) is 2.42. The molecule has 0 saturated carbocycles. The Bertz CT molecular complexity index is 266. The number of hydrogen-bond donors (Lipinski definition) is 1. The van der Waals surface area contributed by atoms with Crippen molar-refractivity contribution in [1.29, 1.82) is 0 Å². The van der Waals surface area contributed by atoms with E-state index in [-0.39, 0.29) is 6.04 Å². The van der Waals surface area contributed by atoms with Crippen LogP contribution in [0.25, 0.3) is 0 Å². The summed E-state index contributed by atoms with van der Waals surface area (Å²) in [5.41, 5.74) is 6.91. The maximum absolute atomic E-state index is 5.76. The van der Waals surface area contributed by atoms with Gasteiger partial charge < -0.3 is 10.5 Å². The number of nitrogens with two attached hydrogens (primary N) is 1. The molecule has 0 radical (unpaired) electrons. The average Bonchev–Trinajstić information content (AvgIpc) is 2.25. The Morgan fingerprint density at radius 1 is 1.20 bits per heavy atom. The highest BCUT2D eigenvalue weighted by Crippen LogP contribution is 2.16. The van der Waals surface area contributed by atoms with Crippen molar-refractivity contribution in [1.82, 2.24) is 0 Å². The van der Waals surface area contributed by atoms with Crippen molar-refractivity contribution >= 4 is 0 Å². The molecular weight excluding hydrogens is 186 g/mol. The van der Waals surface area contributed by atoms with E-state index in [9.17, 15) is 0 Å². The molecule has 2 nitrogen and oxygen atoms in total. The van der Waals surface area contributed by atoms with Gasteiger partial charge in [0.05, 0.1) is 6.61 Å². The minimum atomic E-state index is 0.0964. The van der Waals surface area contributed by atoms with Gasteiger partial charge in [0, 0.05) is 6.04 Å². The zero-order valence-corrected chi connectivity index (χ0v) is 9.70. The zero-order valence-electron chi connectivity index (χ0n) is 9.70. The molecule has 0 fully saturated rings. The van der Waals surface area contributed by atoms with Gasteiger partial charge in [-0.05, 0) is 31.0 Å². The van der Waals surface area contributed by atoms with Gasteiger partial charge in [-0.1, -0.05) is 31.9 Å². The van der Waals surface area contributed by atoms with E-state index in [0.29, 0.717) is 0 Å². The fourth-order valence-corrected chi connectivity index (χ4v) is 1.41. The number of rotatable bonds is 6. The van der Waals surface area contributed by atoms with Gasteiger partial charge in [0.25, 0.3) is 0 Å². The molecule has 2 N–H and O–H groups in total. The summed E-state index contributed by atoms with van der Waals surface area (Å²) in [5, 5.41) is 0. The highest BCUT2D eigenvalue weighted by atomic mass is 16.5. The Morgan fingerprint density at radius 3 is 2.40 bits per heavy atom. The first kappa shape index (κ1) is 12.1. The SMILES string of the molecule is CCCCCOc1ccc([C@@H](C)N)cc1. The minimum Gasteiger partial charge on any atom is -0.494 e. The topological polar surface area (TPSA) is 35.2 Å². The Hall–Kier alpha value is -1.02. The molecule has 1 rings (SSSR count). The van der Waals surface area contributed by atoms with E-state index in [1.54, 1.807) is 0 Å². The highest BCUT2D eigenvalue weighted by molar-refractivity contribution is 5.28. The molecule has 0 aromatic heterocycles. The summed E-state index contributed by atoms with van der Waals surface area (Å²) >= 11 is 0. The molecule has 1 aromatic rings. The molecule has 1 aromatic carbocycles. The smallest absolute Gasteiger partial charge is 0.119 e. The maximum atomic E-state index is 5.76. The van der Waals surface area contributed by atoms with Crippen LogP contribution in [0.2, 0.25) is 0 Å². The predicted molar refractivity (Wildman–Crippen MR) is 64.1 cm³/mol. The molecule has 0 aliphatic rings. The van der Waals surface area contributed by atoms with E-state index in [0.717, 1.165) is 24.3 Å². The lowest BCUT2D eigenvalue weighted by molar-refractivity contribution is 0.306. The Kier molecular flexibility index (Phi) is 5.19. The van der Waals surface area contributed by atoms with Gasteiger partial charge >= 0.3 is 0 Å². The lowest BCUT2D eigenvalue weighted by atomic mass is 10.1. The van der Waals surface area contributed by atoms with Gasteiger partial charge in [-0.15, -0.1) is 0 Å². The van der Waals surface area contributed by atoms with Crippen molar-refractivity contribution in [3.05, 3.63) is 29.8 Å². The second-order valence-corrected chi connectivity index (χ2v) is 3.91. The summed E-state index contributed by atoms with van der Waals surface area (Å²) in [7, 11) is 0. The van der Waals surface area contributed by atoms with Crippen molar-refractivity contribution in [2.45, 2.75) is 39.2 Å². The number of hydrogen-bond acceptors (Lipinski definition) is 2. The molecule has 2 heteroatoms. The fourth-order valence-electron chi connectivity index (χ4n) is 1.41. The van der Waals surface area contributed by atoms with E-state index in [1.165, 1.54) is 12.8 Å². The molecule has 0 amide bonds. The third kappa shape index (κ3) is 4.34. The van der Waals surface area contributed by atoms with Crippen molar-refractivity contribution in [3.63, 3.8) is 0 Å². The first-order valence-electron chi connectivity index (χ1n) is 5.72. The molecule has 84 valence electrons. The molecule has 0 aliphatic carbocycles. The monoisotopic (exact) mass is 207 g/mol. The van der Waals surface area contributed by atoms with Crippen LogP contribution >= 0.6 is 0 Å². The largest absolute Gasteiger partial charge is 0.494 e. The maximum Gasteiger partial charge on any atom is 0.119 e. The molecule has 0 heterocycles. The van der Waals surface area contributed by atoms with Crippen LogP contribution in [-0.4, -0.2) is 6.61 Å². The lowest BCUT2D eigenvalue weighted by Crippen LogP contribution is -2.04. The summed E-state index contributed by atoms with van der Waals surface area (Å²) in [5.74, 6) is 0.940. The molecular formula is C13H21NO. The standard InChI is InChI=1S/C13H21NO/c1-3-4-5-10-15-13-8-6-12(7-9-13)11(2)14/h6-9,11H,3-5,10,14H2,1-2H3/t11-/m1/s1. The van der Waals surface area contributed by atoms with Crippen molar-refractivity contribution in [2.24, 2.45) is 5.73 Å². The Balaban J connectivity index is 2.36. The zero-order chi connectivity index (χ0) is 11.1. The first-order chi connectivity index (χ1) is 7.24. The van der Waals surface area contributed by atoms with E-state index in [4.69, 9.17) is 10.5 Å². The molecule has 0 bridgehead atoms. The first-order valence-corrected chi connectivity index (χ1v) is 5.72. The second-order valence-electron chi connectivity index (χ2n) is 3.91. The van der Waals surface area contributed by atoms with Crippen molar-refractivity contribution < 1.29 is 4.74 Å². The Labute approximate surface area is 92.4 Å². The van der Waals surface area contributed by atoms with E-state index in [1.807, 2.05) is 31.2 Å². The summed E-state index contributed by atoms with van der Waals surface area (Å²) < 4.78 is 5.60. The van der Waals surface area contributed by atoms with Crippen molar-refractivity contribution in [2.75, 3.05) is 6.61 Å². The summed E-state index contributed by atoms with van der Waals surface area (Å²) in [6.07, 6.45) is 3.59. The summed E-state index contributed by atoms with van der Waals surface area (Å²) in [6, 6.07) is 8.13. The van der Waals surface area contributed by atoms with Crippen molar-refractivity contribution in [3.8, 4) is 5.75 Å². The van der Waals surface area contributed by atoms with E-state index < -0.39 is 0 Å². The van der Waals surface area contributed by atoms with Gasteiger partial charge in [0.1, 0.15) is 5.75 Å². The van der Waals surface area contributed by atoms with Gasteiger partial charge in [-0.25, -0.2) is 0 Å². The number of ether oxygens (including phenoxy) is 1. The fraction of sp³-hybridized carbons (Fsp3) is 0.538. The molecule has 15 heavy (non-hydrogen) atoms. The summed E-state index contributed by atoms with van der Waals surface area (Å²) in [4.78, 5) is 0. The normalized spacial score (nSPS) is 12.5. The second kappa shape index (κ2) is 6.46. The van der Waals surface area contributed by atoms with Gasteiger partial charge in [0.15, 0.2) is 0 Å². The predicted octanol–water partition coefficient (Wildman–Crippen LogP) is 3.28. The lowest BCUT2D eigenvalue weighted by Gasteiger charge is -2.08. The van der Waals surface area contributed by atoms with Crippen LogP contribution in [0, 0.1) is 0 Å². The van der Waals surface area contributed by atoms with E-state index in [2.05, 4.69) is 6.92 Å². The van der Waals surface area contributed by atoms with E-state index >= 15 is 0 Å². The Morgan fingerprint density at radius 2 is 1.87 bits per heavy atom. The average molecular weight is 207 g/mol. The van der Waals surface area contributed by atoms with Crippen LogP contribution in [0.1, 0.15) is 44.7 Å². The van der Waals surface area contributed by atoms with Crippen LogP contribution in [0.5, 0.6) is 5.75 Å².